The Morgan fingerprint density at radius 3 is 2.85 bits per heavy atom. The molecule has 0 saturated carbocycles. The van der Waals surface area contributed by atoms with Gasteiger partial charge in [0.2, 0.25) is 5.28 Å². The molecule has 2 aromatic heterocycles. The minimum atomic E-state index is 0.105. The van der Waals surface area contributed by atoms with E-state index >= 15 is 0 Å². The van der Waals surface area contributed by atoms with Gasteiger partial charge >= 0.3 is 0 Å². The van der Waals surface area contributed by atoms with Crippen molar-refractivity contribution in [1.82, 2.24) is 19.9 Å². The Balaban J connectivity index is 1.97. The Kier molecular flexibility index (Phi) is 3.28. The van der Waals surface area contributed by atoms with Crippen molar-refractivity contribution in [3.05, 3.63) is 47.0 Å². The van der Waals surface area contributed by atoms with Crippen molar-refractivity contribution in [2.45, 2.75) is 19.9 Å². The first kappa shape index (κ1) is 12.9. The van der Waals surface area contributed by atoms with Crippen LogP contribution in [-0.2, 0) is 0 Å². The highest BCUT2D eigenvalue weighted by atomic mass is 35.5. The molecule has 0 spiro atoms. The molecule has 0 aliphatic rings. The maximum atomic E-state index is 5.93. The normalized spacial score (nSPS) is 12.6. The minimum Gasteiger partial charge on any atom is -0.362 e. The first-order valence-corrected chi connectivity index (χ1v) is 6.71. The highest BCUT2D eigenvalue weighted by molar-refractivity contribution is 6.28. The van der Waals surface area contributed by atoms with E-state index in [9.17, 15) is 0 Å². The van der Waals surface area contributed by atoms with Crippen LogP contribution < -0.4 is 5.32 Å². The molecule has 102 valence electrons. The molecule has 6 heteroatoms. The summed E-state index contributed by atoms with van der Waals surface area (Å²) < 4.78 is 0. The quantitative estimate of drug-likeness (QED) is 0.724. The number of nitrogens with zero attached hydrogens (tertiary/aromatic N) is 3. The molecule has 5 nitrogen and oxygen atoms in total. The van der Waals surface area contributed by atoms with E-state index in [0.29, 0.717) is 11.5 Å². The predicted octanol–water partition coefficient (Wildman–Crippen LogP) is 3.49. The van der Waals surface area contributed by atoms with Crippen LogP contribution in [0.1, 0.15) is 24.1 Å². The number of H-pyrrole nitrogens is 1. The Bertz CT molecular complexity index is 752. The van der Waals surface area contributed by atoms with Crippen LogP contribution in [0, 0.1) is 6.92 Å². The molecule has 20 heavy (non-hydrogen) atoms. The molecule has 1 atom stereocenters. The van der Waals surface area contributed by atoms with Crippen molar-refractivity contribution in [2.24, 2.45) is 0 Å². The fraction of sp³-hybridized carbons (Fsp3) is 0.214. The molecule has 2 heterocycles. The number of nitrogens with one attached hydrogen (secondary N) is 2. The third-order valence-corrected chi connectivity index (χ3v) is 3.44. The molecule has 1 unspecified atom stereocenters. The zero-order valence-corrected chi connectivity index (χ0v) is 11.9. The lowest BCUT2D eigenvalue weighted by Crippen LogP contribution is -2.10. The zero-order valence-electron chi connectivity index (χ0n) is 11.2. The van der Waals surface area contributed by atoms with E-state index in [1.54, 1.807) is 6.33 Å². The van der Waals surface area contributed by atoms with E-state index in [1.807, 2.05) is 12.1 Å². The summed E-state index contributed by atoms with van der Waals surface area (Å²) in [7, 11) is 0. The fourth-order valence-corrected chi connectivity index (χ4v) is 2.43. The zero-order chi connectivity index (χ0) is 14.1. The summed E-state index contributed by atoms with van der Waals surface area (Å²) in [5.41, 5.74) is 3.77. The van der Waals surface area contributed by atoms with Crippen LogP contribution in [-0.4, -0.2) is 19.9 Å². The molecule has 0 bridgehead atoms. The van der Waals surface area contributed by atoms with Crippen LogP contribution in [0.15, 0.2) is 30.6 Å². The molecular weight excluding hydrogens is 274 g/mol. The van der Waals surface area contributed by atoms with Gasteiger partial charge in [0.05, 0.1) is 12.4 Å². The van der Waals surface area contributed by atoms with Crippen molar-refractivity contribution < 1.29 is 0 Å². The number of halogens is 1. The maximum absolute atomic E-state index is 5.93. The number of hydrogen-bond acceptors (Lipinski definition) is 4. The number of benzene rings is 1. The fourth-order valence-electron chi connectivity index (χ4n) is 2.27. The summed E-state index contributed by atoms with van der Waals surface area (Å²) in [5.74, 6) is 0.660. The largest absolute Gasteiger partial charge is 0.362 e. The van der Waals surface area contributed by atoms with Gasteiger partial charge in [0.15, 0.2) is 11.5 Å². The second-order valence-corrected chi connectivity index (χ2v) is 5.00. The number of fused-ring (bicyclic) bond motifs is 1. The number of rotatable bonds is 3. The average Bonchev–Trinajstić information content (AvgIpc) is 2.87. The molecule has 3 rings (SSSR count). The standard InChI is InChI=1S/C14H14ClN5/c1-8-5-3-4-6-10(8)9(2)18-13-11-12(17-7-16-11)19-14(15)20-13/h3-7,9H,1-2H3,(H2,16,17,18,19,20). The van der Waals surface area contributed by atoms with E-state index in [2.05, 4.69) is 51.2 Å². The Hall–Kier alpha value is -2.14. The number of aromatic nitrogens is 4. The van der Waals surface area contributed by atoms with Crippen LogP contribution in [0.3, 0.4) is 0 Å². The van der Waals surface area contributed by atoms with E-state index in [-0.39, 0.29) is 11.3 Å². The van der Waals surface area contributed by atoms with Gasteiger partial charge in [0.1, 0.15) is 5.52 Å². The van der Waals surface area contributed by atoms with Gasteiger partial charge in [0, 0.05) is 0 Å². The van der Waals surface area contributed by atoms with Crippen molar-refractivity contribution in [3.63, 3.8) is 0 Å². The SMILES string of the molecule is Cc1ccccc1C(C)Nc1nc(Cl)nc2nc[nH]c12. The lowest BCUT2D eigenvalue weighted by atomic mass is 10.0. The van der Waals surface area contributed by atoms with Gasteiger partial charge in [-0.05, 0) is 36.6 Å². The first-order chi connectivity index (χ1) is 9.65. The highest BCUT2D eigenvalue weighted by Gasteiger charge is 2.13. The van der Waals surface area contributed by atoms with Crippen LogP contribution in [0.5, 0.6) is 0 Å². The molecule has 0 aliphatic carbocycles. The number of hydrogen-bond donors (Lipinski definition) is 2. The van der Waals surface area contributed by atoms with Crippen LogP contribution in [0.25, 0.3) is 11.2 Å². The van der Waals surface area contributed by atoms with E-state index in [1.165, 1.54) is 11.1 Å². The van der Waals surface area contributed by atoms with Gasteiger partial charge in [-0.15, -0.1) is 0 Å². The Labute approximate surface area is 121 Å². The van der Waals surface area contributed by atoms with Gasteiger partial charge in [-0.25, -0.2) is 4.98 Å². The second-order valence-electron chi connectivity index (χ2n) is 4.67. The van der Waals surface area contributed by atoms with E-state index in [0.717, 1.165) is 5.52 Å². The highest BCUT2D eigenvalue weighted by Crippen LogP contribution is 2.25. The van der Waals surface area contributed by atoms with Gasteiger partial charge in [-0.1, -0.05) is 24.3 Å². The third kappa shape index (κ3) is 2.32. The van der Waals surface area contributed by atoms with Crippen molar-refractivity contribution in [2.75, 3.05) is 5.32 Å². The minimum absolute atomic E-state index is 0.105. The smallest absolute Gasteiger partial charge is 0.226 e. The summed E-state index contributed by atoms with van der Waals surface area (Å²) >= 11 is 5.93. The van der Waals surface area contributed by atoms with Gasteiger partial charge in [0.25, 0.3) is 0 Å². The summed E-state index contributed by atoms with van der Waals surface area (Å²) in [4.78, 5) is 15.4. The molecule has 2 N–H and O–H groups in total. The summed E-state index contributed by atoms with van der Waals surface area (Å²) in [6.07, 6.45) is 1.58. The predicted molar refractivity (Wildman–Crippen MR) is 79.9 cm³/mol. The second kappa shape index (κ2) is 5.09. The third-order valence-electron chi connectivity index (χ3n) is 3.27. The van der Waals surface area contributed by atoms with E-state index < -0.39 is 0 Å². The first-order valence-electron chi connectivity index (χ1n) is 6.34. The summed E-state index contributed by atoms with van der Waals surface area (Å²) in [6, 6.07) is 8.35. The number of aromatic amines is 1. The van der Waals surface area contributed by atoms with Crippen molar-refractivity contribution in [1.29, 1.82) is 0 Å². The average molecular weight is 288 g/mol. The molecule has 3 aromatic rings. The van der Waals surface area contributed by atoms with Crippen molar-refractivity contribution in [3.8, 4) is 0 Å². The van der Waals surface area contributed by atoms with Crippen LogP contribution in [0.2, 0.25) is 5.28 Å². The number of imidazole rings is 1. The molecule has 1 aromatic carbocycles. The monoisotopic (exact) mass is 287 g/mol. The maximum Gasteiger partial charge on any atom is 0.226 e. The molecule has 0 fully saturated rings. The Morgan fingerprint density at radius 2 is 2.05 bits per heavy atom. The number of aryl methyl sites for hydroxylation is 1. The molecule has 0 aliphatic heterocycles. The van der Waals surface area contributed by atoms with Crippen molar-refractivity contribution >= 4 is 28.6 Å². The van der Waals surface area contributed by atoms with Crippen LogP contribution >= 0.6 is 11.6 Å². The lowest BCUT2D eigenvalue weighted by Gasteiger charge is -2.17. The lowest BCUT2D eigenvalue weighted by molar-refractivity contribution is 0.865. The summed E-state index contributed by atoms with van der Waals surface area (Å²) in [6.45, 7) is 4.17. The molecular formula is C14H14ClN5. The van der Waals surface area contributed by atoms with Gasteiger partial charge in [-0.2, -0.15) is 9.97 Å². The topological polar surface area (TPSA) is 66.5 Å². The van der Waals surface area contributed by atoms with Gasteiger partial charge in [-0.3, -0.25) is 0 Å². The number of anilines is 1. The summed E-state index contributed by atoms with van der Waals surface area (Å²) in [5, 5.41) is 3.55. The molecule has 0 amide bonds. The Morgan fingerprint density at radius 1 is 1.25 bits per heavy atom. The van der Waals surface area contributed by atoms with Gasteiger partial charge < -0.3 is 10.3 Å². The molecule has 0 saturated heterocycles. The molecule has 0 radical (unpaired) electrons. The van der Waals surface area contributed by atoms with Crippen LogP contribution in [0.4, 0.5) is 5.82 Å². The van der Waals surface area contributed by atoms with E-state index in [4.69, 9.17) is 11.6 Å².